The van der Waals surface area contributed by atoms with Gasteiger partial charge in [0, 0.05) is 0 Å². The van der Waals surface area contributed by atoms with E-state index < -0.39 is 39.8 Å². The summed E-state index contributed by atoms with van der Waals surface area (Å²) in [6.07, 6.45) is 38.8. The Morgan fingerprint density at radius 2 is 0.809 bits per heavy atom. The molecule has 0 spiro atoms. The average Bonchev–Trinajstić information content (AvgIpc) is 3.06. The molecule has 0 aromatic rings. The molecule has 0 saturated carbocycles. The first-order chi connectivity index (χ1) is 22.9. The van der Waals surface area contributed by atoms with E-state index >= 15 is 0 Å². The molecule has 0 aliphatic carbocycles. The van der Waals surface area contributed by atoms with Crippen molar-refractivity contribution >= 4 is 7.82 Å². The van der Waals surface area contributed by atoms with Gasteiger partial charge in [-0.25, -0.2) is 0 Å². The minimum absolute atomic E-state index is 0.145. The number of rotatable bonds is 39. The third-order valence-corrected chi connectivity index (χ3v) is 14.4. The van der Waals surface area contributed by atoms with Crippen molar-refractivity contribution in [2.45, 2.75) is 227 Å². The van der Waals surface area contributed by atoms with Gasteiger partial charge in [-0.1, -0.05) is 65.2 Å². The fraction of sp³-hybridized carbons (Fsp3) is 1.00. The van der Waals surface area contributed by atoms with E-state index in [1.54, 1.807) is 0 Å². The van der Waals surface area contributed by atoms with Crippen molar-refractivity contribution < 1.29 is 53.4 Å². The van der Waals surface area contributed by atoms with Crippen LogP contribution in [0.4, 0.5) is 0 Å². The van der Waals surface area contributed by atoms with Gasteiger partial charge in [0.05, 0.1) is 0 Å². The van der Waals surface area contributed by atoms with Gasteiger partial charge in [0.25, 0.3) is 0 Å². The third-order valence-electron chi connectivity index (χ3n) is 9.03. The summed E-state index contributed by atoms with van der Waals surface area (Å²) in [4.78, 5) is 9.23. The standard InChI is InChI=1S/2C17H35.C4H9O4P.2Co.2O/c2*1-3-5-7-9-11-13-15-17-16-14-12-10-8-6-4-2;1-3-4-8-9(5,6)7-2;;;;/h2*1,3-17H2,2H3;3H,1,4H2,2H3,(H,5,6);;;;. The molecule has 0 rings (SSSR count). The van der Waals surface area contributed by atoms with E-state index in [2.05, 4.69) is 18.4 Å². The zero-order valence-electron chi connectivity index (χ0n) is 31.2. The Balaban J connectivity index is 4.01. The van der Waals surface area contributed by atoms with E-state index in [4.69, 9.17) is 4.52 Å². The summed E-state index contributed by atoms with van der Waals surface area (Å²) in [7, 11) is -3.02. The van der Waals surface area contributed by atoms with Crippen LogP contribution in [0.3, 0.4) is 0 Å². The van der Waals surface area contributed by atoms with Gasteiger partial charge in [0.15, 0.2) is 0 Å². The monoisotopic (exact) mass is 780 g/mol. The molecule has 0 aliphatic rings. The minimum Gasteiger partial charge on any atom is -0.0654 e. The normalized spacial score (nSPS) is 14.3. The Labute approximate surface area is 301 Å². The second kappa shape index (κ2) is 36.5. The Kier molecular flexibility index (Phi) is 37.1. The molecule has 2 unspecified atom stereocenters. The van der Waals surface area contributed by atoms with E-state index in [0.717, 1.165) is 39.2 Å². The van der Waals surface area contributed by atoms with E-state index in [1.807, 2.05) is 0 Å². The summed E-state index contributed by atoms with van der Waals surface area (Å²) >= 11 is -3.12. The topological polar surface area (TPSA) is 89.9 Å². The molecule has 0 fully saturated rings. The second-order valence-corrected chi connectivity index (χ2v) is 19.5. The summed E-state index contributed by atoms with van der Waals surface area (Å²) in [5.41, 5.74) is 0. The molecule has 0 aromatic carbocycles. The van der Waals surface area contributed by atoms with Gasteiger partial charge >= 0.3 is 237 Å². The number of hydrogen-bond acceptors (Lipinski definition) is 5. The van der Waals surface area contributed by atoms with E-state index in [0.29, 0.717) is 16.1 Å². The molecule has 0 saturated heterocycles. The van der Waals surface area contributed by atoms with Crippen molar-refractivity contribution in [3.63, 3.8) is 0 Å². The van der Waals surface area contributed by atoms with E-state index in [-0.39, 0.29) is 6.61 Å². The van der Waals surface area contributed by atoms with Crippen LogP contribution >= 0.6 is 7.82 Å². The predicted molar refractivity (Wildman–Crippen MR) is 192 cm³/mol. The second-order valence-electron chi connectivity index (χ2n) is 13.5. The molecule has 9 heteroatoms. The smallest absolute Gasteiger partial charge is 0.0654 e. The van der Waals surface area contributed by atoms with Gasteiger partial charge < -0.3 is 0 Å². The van der Waals surface area contributed by atoms with Crippen LogP contribution in [0.1, 0.15) is 206 Å². The van der Waals surface area contributed by atoms with Crippen LogP contribution in [0.25, 0.3) is 0 Å². The molecule has 2 atom stereocenters. The maximum atomic E-state index is 13.2. The van der Waals surface area contributed by atoms with E-state index in [9.17, 15) is 17.2 Å². The Morgan fingerprint density at radius 3 is 1.13 bits per heavy atom. The van der Waals surface area contributed by atoms with Gasteiger partial charge in [-0.15, -0.1) is 0 Å². The zero-order valence-corrected chi connectivity index (χ0v) is 34.2. The van der Waals surface area contributed by atoms with Crippen molar-refractivity contribution in [3.05, 3.63) is 0 Å². The molecule has 0 aliphatic heterocycles. The van der Waals surface area contributed by atoms with Gasteiger partial charge in [0.1, 0.15) is 0 Å². The molecule has 0 aromatic heterocycles. The van der Waals surface area contributed by atoms with Gasteiger partial charge in [-0.2, -0.15) is 0 Å². The van der Waals surface area contributed by atoms with Crippen LogP contribution in [0.5, 0.6) is 0 Å². The molecule has 0 radical (unpaired) electrons. The molecule has 290 valence electrons. The summed E-state index contributed by atoms with van der Waals surface area (Å²) < 4.78 is 47.6. The SMILES string of the molecule is CCCCCCCCCCCCCCCC[CH2][Co](=[O])[CH2][CH](COP(=O)(O)OC)[Co](=[O])[CH2]CCCCCCCCCCCCCCCC. The van der Waals surface area contributed by atoms with Crippen molar-refractivity contribution in [2.75, 3.05) is 13.7 Å². The fourth-order valence-corrected chi connectivity index (χ4v) is 10.8. The van der Waals surface area contributed by atoms with Crippen LogP contribution < -0.4 is 0 Å². The van der Waals surface area contributed by atoms with Crippen molar-refractivity contribution in [1.29, 1.82) is 0 Å². The number of unbranched alkanes of at least 4 members (excludes halogenated alkanes) is 28. The minimum atomic E-state index is -4.15. The van der Waals surface area contributed by atoms with Crippen molar-refractivity contribution in [1.82, 2.24) is 0 Å². The molecule has 0 bridgehead atoms. The summed E-state index contributed by atoms with van der Waals surface area (Å²) in [6.45, 7) is 4.39. The first kappa shape index (κ1) is 47.7. The quantitative estimate of drug-likeness (QED) is 0.0493. The van der Waals surface area contributed by atoms with Crippen LogP contribution in [-0.4, -0.2) is 18.6 Å². The van der Waals surface area contributed by atoms with Gasteiger partial charge in [-0.05, 0) is 0 Å². The molecule has 6 nitrogen and oxygen atoms in total. The Hall–Kier alpha value is 0.723. The molecule has 0 heterocycles. The third kappa shape index (κ3) is 34.9. The average molecular weight is 781 g/mol. The Morgan fingerprint density at radius 1 is 0.511 bits per heavy atom. The summed E-state index contributed by atoms with van der Waals surface area (Å²) in [5, 5.41) is 1.48. The fourth-order valence-electron chi connectivity index (χ4n) is 5.90. The summed E-state index contributed by atoms with van der Waals surface area (Å²) in [6, 6.07) is 0. The molecular weight excluding hydrogens is 701 g/mol. The van der Waals surface area contributed by atoms with Crippen LogP contribution in [0, 0.1) is 0 Å². The number of phosphoric acid groups is 1. The number of phosphoric ester groups is 1. The molecule has 0 amide bonds. The predicted octanol–water partition coefficient (Wildman–Crippen LogP) is 14.5. The van der Waals surface area contributed by atoms with Crippen molar-refractivity contribution in [2.24, 2.45) is 0 Å². The molecule has 47 heavy (non-hydrogen) atoms. The zero-order chi connectivity index (χ0) is 34.7. The van der Waals surface area contributed by atoms with Crippen LogP contribution in [0.15, 0.2) is 0 Å². The van der Waals surface area contributed by atoms with E-state index in [1.165, 1.54) is 161 Å². The van der Waals surface area contributed by atoms with Gasteiger partial charge in [0.2, 0.25) is 0 Å². The summed E-state index contributed by atoms with van der Waals surface area (Å²) in [5.74, 6) is 0. The van der Waals surface area contributed by atoms with Crippen molar-refractivity contribution in [3.8, 4) is 0 Å². The van der Waals surface area contributed by atoms with Gasteiger partial charge in [-0.3, -0.25) is 0 Å². The Bertz CT molecular complexity index is 754. The molecular formula is C38H79Co2O6P. The molecule has 1 N–H and O–H groups in total. The first-order valence-electron chi connectivity index (χ1n) is 19.8. The van der Waals surface area contributed by atoms with Crippen LogP contribution in [-0.2, 0) is 48.5 Å². The maximum absolute atomic E-state index is 13.2. The first-order valence-corrected chi connectivity index (χ1v) is 25.0. The van der Waals surface area contributed by atoms with Crippen LogP contribution in [0.2, 0.25) is 20.9 Å². The number of hydrogen-bond donors (Lipinski definition) is 1.